The molecule has 0 saturated heterocycles. The Kier molecular flexibility index (Phi) is 8.07. The van der Waals surface area contributed by atoms with E-state index in [2.05, 4.69) is 5.32 Å². The van der Waals surface area contributed by atoms with Crippen molar-refractivity contribution in [3.63, 3.8) is 0 Å². The highest BCUT2D eigenvalue weighted by molar-refractivity contribution is 6.42. The molecule has 0 bridgehead atoms. The molecule has 0 radical (unpaired) electrons. The Hall–Kier alpha value is -2.82. The maximum absolute atomic E-state index is 13.6. The molecule has 11 heteroatoms. The molecular formula is C28H30Cl2N2O7. The lowest BCUT2D eigenvalue weighted by Gasteiger charge is -2.41. The van der Waals surface area contributed by atoms with Crippen molar-refractivity contribution in [2.75, 3.05) is 20.3 Å². The molecule has 1 fully saturated rings. The van der Waals surface area contributed by atoms with Crippen molar-refractivity contribution in [3.8, 4) is 11.5 Å². The molecule has 208 valence electrons. The second kappa shape index (κ2) is 11.3. The number of carbonyl (C=O) groups excluding carboxylic acids is 2. The van der Waals surface area contributed by atoms with Gasteiger partial charge in [-0.1, -0.05) is 29.3 Å². The van der Waals surface area contributed by atoms with Crippen LogP contribution in [0.15, 0.2) is 42.0 Å². The van der Waals surface area contributed by atoms with Crippen LogP contribution in [0.3, 0.4) is 0 Å². The first-order chi connectivity index (χ1) is 18.8. The normalized spacial score (nSPS) is 23.3. The van der Waals surface area contributed by atoms with Crippen molar-refractivity contribution in [2.45, 2.75) is 50.2 Å². The summed E-state index contributed by atoms with van der Waals surface area (Å²) in [6.07, 6.45) is 1.03. The molecule has 0 spiro atoms. The van der Waals surface area contributed by atoms with Gasteiger partial charge in [0.15, 0.2) is 11.5 Å². The zero-order valence-corrected chi connectivity index (χ0v) is 22.8. The third kappa shape index (κ3) is 5.34. The average molecular weight is 577 g/mol. The number of aliphatic hydroxyl groups excluding tert-OH is 3. The number of nitrogens with one attached hydrogen (secondary N) is 1. The number of carbonyl (C=O) groups is 2. The summed E-state index contributed by atoms with van der Waals surface area (Å²) in [5.74, 6) is -0.694. The smallest absolute Gasteiger partial charge is 0.247 e. The number of benzene rings is 2. The summed E-state index contributed by atoms with van der Waals surface area (Å²) in [7, 11) is 1.47. The molecule has 2 amide bonds. The van der Waals surface area contributed by atoms with Crippen LogP contribution < -0.4 is 14.8 Å². The van der Waals surface area contributed by atoms with Gasteiger partial charge in [-0.05, 0) is 54.3 Å². The number of nitrogens with zero attached hydrogens (tertiary/aromatic N) is 1. The largest absolute Gasteiger partial charge is 0.493 e. The number of ether oxygens (including phenoxy) is 2. The Morgan fingerprint density at radius 1 is 1.13 bits per heavy atom. The highest BCUT2D eigenvalue weighted by Gasteiger charge is 2.52. The minimum absolute atomic E-state index is 0.0302. The van der Waals surface area contributed by atoms with E-state index in [1.807, 2.05) is 0 Å². The van der Waals surface area contributed by atoms with E-state index in [4.69, 9.17) is 32.7 Å². The van der Waals surface area contributed by atoms with Crippen molar-refractivity contribution >= 4 is 35.0 Å². The topological polar surface area (TPSA) is 129 Å². The Morgan fingerprint density at radius 2 is 1.90 bits per heavy atom. The van der Waals surface area contributed by atoms with Gasteiger partial charge < -0.3 is 35.0 Å². The maximum Gasteiger partial charge on any atom is 0.247 e. The van der Waals surface area contributed by atoms with Gasteiger partial charge in [-0.25, -0.2) is 0 Å². The standard InChI is InChI=1S/C28H30Cl2N2O7/c1-38-22-10-15(13-34)8-17-23-18(27(36)31-6-7-33)11-21(24(35)26(23)39-25(17)22)32(28(37)16-3-4-16)12-14-2-5-19(29)20(30)9-14/h2,5,8-11,16,21,23-24,26,33-35H,3-4,6-7,12-13H2,1H3,(H,31,36). The van der Waals surface area contributed by atoms with Crippen LogP contribution in [0.4, 0.5) is 0 Å². The van der Waals surface area contributed by atoms with Crippen LogP contribution in [-0.2, 0) is 22.7 Å². The lowest BCUT2D eigenvalue weighted by Crippen LogP contribution is -2.55. The molecule has 1 aliphatic heterocycles. The van der Waals surface area contributed by atoms with Crippen LogP contribution in [0.5, 0.6) is 11.5 Å². The van der Waals surface area contributed by atoms with Gasteiger partial charge in [-0.3, -0.25) is 9.59 Å². The second-order valence-electron chi connectivity index (χ2n) is 10.0. The molecule has 2 aromatic carbocycles. The average Bonchev–Trinajstić information content (AvgIpc) is 3.72. The lowest BCUT2D eigenvalue weighted by molar-refractivity contribution is -0.139. The van der Waals surface area contributed by atoms with Crippen molar-refractivity contribution in [1.29, 1.82) is 0 Å². The van der Waals surface area contributed by atoms with Gasteiger partial charge in [0.25, 0.3) is 0 Å². The van der Waals surface area contributed by atoms with Crippen molar-refractivity contribution in [1.82, 2.24) is 10.2 Å². The van der Waals surface area contributed by atoms with Gasteiger partial charge in [-0.2, -0.15) is 0 Å². The fourth-order valence-electron chi connectivity index (χ4n) is 5.35. The van der Waals surface area contributed by atoms with E-state index in [1.54, 1.807) is 41.3 Å². The van der Waals surface area contributed by atoms with E-state index in [0.717, 1.165) is 18.4 Å². The number of halogens is 2. The first-order valence-electron chi connectivity index (χ1n) is 12.8. The number of amides is 2. The Labute approximate surface area is 235 Å². The predicted molar refractivity (Wildman–Crippen MR) is 144 cm³/mol. The lowest BCUT2D eigenvalue weighted by atomic mass is 9.77. The van der Waals surface area contributed by atoms with E-state index in [1.165, 1.54) is 7.11 Å². The summed E-state index contributed by atoms with van der Waals surface area (Å²) in [5, 5.41) is 34.2. The Bertz CT molecular complexity index is 1310. The molecule has 4 atom stereocenters. The van der Waals surface area contributed by atoms with E-state index in [-0.39, 0.29) is 38.1 Å². The second-order valence-corrected chi connectivity index (χ2v) is 10.8. The molecule has 2 aromatic rings. The van der Waals surface area contributed by atoms with Crippen LogP contribution in [-0.4, -0.2) is 70.5 Å². The fourth-order valence-corrected chi connectivity index (χ4v) is 5.67. The summed E-state index contributed by atoms with van der Waals surface area (Å²) >= 11 is 12.3. The molecule has 1 heterocycles. The van der Waals surface area contributed by atoms with Gasteiger partial charge in [0.1, 0.15) is 12.2 Å². The van der Waals surface area contributed by atoms with Crippen molar-refractivity contribution < 1.29 is 34.4 Å². The molecule has 2 aliphatic carbocycles. The predicted octanol–water partition coefficient (Wildman–Crippen LogP) is 2.56. The maximum atomic E-state index is 13.6. The molecule has 9 nitrogen and oxygen atoms in total. The molecular weight excluding hydrogens is 547 g/mol. The van der Waals surface area contributed by atoms with Gasteiger partial charge in [0.05, 0.1) is 42.3 Å². The summed E-state index contributed by atoms with van der Waals surface area (Å²) < 4.78 is 11.7. The van der Waals surface area contributed by atoms with Crippen LogP contribution in [0, 0.1) is 5.92 Å². The molecule has 3 aliphatic rings. The van der Waals surface area contributed by atoms with Gasteiger partial charge in [0, 0.05) is 30.1 Å². The molecule has 0 aromatic heterocycles. The molecule has 4 unspecified atom stereocenters. The monoisotopic (exact) mass is 576 g/mol. The summed E-state index contributed by atoms with van der Waals surface area (Å²) in [5.41, 5.74) is 2.17. The molecule has 1 saturated carbocycles. The van der Waals surface area contributed by atoms with Gasteiger partial charge >= 0.3 is 0 Å². The molecule has 39 heavy (non-hydrogen) atoms. The van der Waals surface area contributed by atoms with Crippen LogP contribution in [0.1, 0.15) is 35.4 Å². The summed E-state index contributed by atoms with van der Waals surface area (Å²) in [6, 6.07) is 7.57. The molecule has 4 N–H and O–H groups in total. The minimum atomic E-state index is -1.19. The van der Waals surface area contributed by atoms with E-state index in [9.17, 15) is 24.9 Å². The third-order valence-corrected chi connectivity index (χ3v) is 8.14. The minimum Gasteiger partial charge on any atom is -0.493 e. The zero-order valence-electron chi connectivity index (χ0n) is 21.3. The fraction of sp³-hybridized carbons (Fsp3) is 0.429. The SMILES string of the molecule is COc1cc(CO)cc2c1OC1C2C(C(=O)NCCO)=CC(N(Cc2ccc(Cl)c(Cl)c2)C(=O)C2CC2)C1O. The number of fused-ring (bicyclic) bond motifs is 3. The van der Waals surface area contributed by atoms with E-state index >= 15 is 0 Å². The number of rotatable bonds is 9. The van der Waals surface area contributed by atoms with Crippen LogP contribution >= 0.6 is 23.2 Å². The summed E-state index contributed by atoms with van der Waals surface area (Å²) in [6.45, 7) is -0.339. The Morgan fingerprint density at radius 3 is 2.54 bits per heavy atom. The summed E-state index contributed by atoms with van der Waals surface area (Å²) in [4.78, 5) is 28.5. The first-order valence-corrected chi connectivity index (χ1v) is 13.5. The third-order valence-electron chi connectivity index (χ3n) is 7.40. The van der Waals surface area contributed by atoms with E-state index in [0.29, 0.717) is 38.2 Å². The Balaban J connectivity index is 1.59. The van der Waals surface area contributed by atoms with Crippen molar-refractivity contribution in [3.05, 3.63) is 68.7 Å². The van der Waals surface area contributed by atoms with Crippen LogP contribution in [0.25, 0.3) is 0 Å². The number of hydrogen-bond acceptors (Lipinski definition) is 7. The highest BCUT2D eigenvalue weighted by Crippen LogP contribution is 2.51. The van der Waals surface area contributed by atoms with E-state index < -0.39 is 30.1 Å². The number of hydrogen-bond donors (Lipinski definition) is 4. The zero-order chi connectivity index (χ0) is 27.8. The first kappa shape index (κ1) is 27.7. The number of aliphatic hydroxyl groups is 3. The quantitative estimate of drug-likeness (QED) is 0.361. The molecule has 5 rings (SSSR count). The van der Waals surface area contributed by atoms with Gasteiger partial charge in [-0.15, -0.1) is 0 Å². The number of methoxy groups -OCH3 is 1. The highest BCUT2D eigenvalue weighted by atomic mass is 35.5. The van der Waals surface area contributed by atoms with Crippen LogP contribution in [0.2, 0.25) is 10.0 Å². The van der Waals surface area contributed by atoms with Crippen molar-refractivity contribution in [2.24, 2.45) is 5.92 Å². The van der Waals surface area contributed by atoms with Gasteiger partial charge in [0.2, 0.25) is 11.8 Å².